The lowest BCUT2D eigenvalue weighted by Gasteiger charge is -2.09. The van der Waals surface area contributed by atoms with Gasteiger partial charge < -0.3 is 10.5 Å². The molecule has 17 heavy (non-hydrogen) atoms. The molecule has 0 aliphatic rings. The Bertz CT molecular complexity index is 509. The Morgan fingerprint density at radius 3 is 2.88 bits per heavy atom. The lowest BCUT2D eigenvalue weighted by Crippen LogP contribution is -2.23. The molecule has 3 N–H and O–H groups in total. The van der Waals surface area contributed by atoms with Crippen molar-refractivity contribution in [3.05, 3.63) is 11.8 Å². The first-order valence-electron chi connectivity index (χ1n) is 4.68. The van der Waals surface area contributed by atoms with Crippen molar-refractivity contribution in [3.8, 4) is 0 Å². The Kier molecular flexibility index (Phi) is 4.43. The lowest BCUT2D eigenvalue weighted by atomic mass is 10.3. The summed E-state index contributed by atoms with van der Waals surface area (Å²) < 4.78 is 31.8. The van der Waals surface area contributed by atoms with E-state index in [1.807, 2.05) is 0 Å². The van der Waals surface area contributed by atoms with Gasteiger partial charge in [-0.15, -0.1) is 0 Å². The molecule has 0 aliphatic heterocycles. The monoisotopic (exact) mass is 278 g/mol. The number of ether oxygens (including phenoxy) is 1. The molecule has 0 saturated heterocycles. The van der Waals surface area contributed by atoms with Crippen LogP contribution in [0.1, 0.15) is 5.56 Å². The van der Waals surface area contributed by atoms with E-state index < -0.39 is 10.0 Å². The van der Waals surface area contributed by atoms with Gasteiger partial charge in [-0.05, 0) is 0 Å². The van der Waals surface area contributed by atoms with Crippen molar-refractivity contribution >= 4 is 33.0 Å². The second kappa shape index (κ2) is 5.43. The fraction of sp³-hybridized carbons (Fsp3) is 0.500. The number of nitrogens with two attached hydrogens (primary N) is 1. The van der Waals surface area contributed by atoms with Gasteiger partial charge in [-0.1, -0.05) is 12.2 Å². The van der Waals surface area contributed by atoms with E-state index in [4.69, 9.17) is 22.7 Å². The van der Waals surface area contributed by atoms with Crippen LogP contribution in [0.15, 0.2) is 6.20 Å². The van der Waals surface area contributed by atoms with Crippen molar-refractivity contribution in [2.45, 2.75) is 0 Å². The minimum Gasteiger partial charge on any atom is -0.389 e. The third-order valence-corrected chi connectivity index (χ3v) is 3.44. The summed E-state index contributed by atoms with van der Waals surface area (Å²) in [7, 11) is -0.472. The van der Waals surface area contributed by atoms with E-state index in [1.165, 1.54) is 18.0 Å². The second-order valence-electron chi connectivity index (χ2n) is 3.31. The fourth-order valence-corrected chi connectivity index (χ4v) is 2.30. The molecule has 0 fully saturated rings. The Morgan fingerprint density at radius 2 is 2.35 bits per heavy atom. The first-order valence-corrected chi connectivity index (χ1v) is 6.74. The Balaban J connectivity index is 2.95. The molecule has 0 saturated carbocycles. The van der Waals surface area contributed by atoms with E-state index in [0.29, 0.717) is 5.56 Å². The van der Waals surface area contributed by atoms with Gasteiger partial charge in [0.15, 0.2) is 0 Å². The summed E-state index contributed by atoms with van der Waals surface area (Å²) in [6, 6.07) is 0. The molecule has 96 valence electrons. The van der Waals surface area contributed by atoms with Crippen molar-refractivity contribution in [2.75, 3.05) is 24.2 Å². The summed E-state index contributed by atoms with van der Waals surface area (Å²) in [5, 5.41) is 3.89. The van der Waals surface area contributed by atoms with Crippen LogP contribution in [0.5, 0.6) is 0 Å². The van der Waals surface area contributed by atoms with Gasteiger partial charge in [-0.2, -0.15) is 5.10 Å². The van der Waals surface area contributed by atoms with E-state index >= 15 is 0 Å². The van der Waals surface area contributed by atoms with Gasteiger partial charge in [0.1, 0.15) is 10.8 Å². The largest absolute Gasteiger partial charge is 0.389 e. The third kappa shape index (κ3) is 3.65. The number of aryl methyl sites for hydroxylation is 1. The molecule has 0 aromatic carbocycles. The van der Waals surface area contributed by atoms with E-state index in [-0.39, 0.29) is 23.2 Å². The van der Waals surface area contributed by atoms with Crippen LogP contribution in [0.2, 0.25) is 0 Å². The number of methoxy groups -OCH3 is 1. The zero-order valence-corrected chi connectivity index (χ0v) is 11.1. The summed E-state index contributed by atoms with van der Waals surface area (Å²) in [5.74, 6) is 0.111. The van der Waals surface area contributed by atoms with Gasteiger partial charge in [-0.3, -0.25) is 9.40 Å². The molecule has 1 heterocycles. The van der Waals surface area contributed by atoms with Crippen molar-refractivity contribution in [1.29, 1.82) is 0 Å². The predicted octanol–water partition coefficient (Wildman–Crippen LogP) is -0.558. The standard InChI is InChI=1S/C8H14N4O3S2/c1-12-8(6(5-10-12)7(9)16)11-17(13,14)4-3-15-2/h5,11H,3-4H2,1-2H3,(H2,9,16). The van der Waals surface area contributed by atoms with Crippen LogP contribution < -0.4 is 10.5 Å². The number of hydrogen-bond acceptors (Lipinski definition) is 5. The molecular formula is C8H14N4O3S2. The van der Waals surface area contributed by atoms with Crippen LogP contribution in [-0.4, -0.2) is 42.7 Å². The number of thiocarbonyl (C=S) groups is 1. The summed E-state index contributed by atoms with van der Waals surface area (Å²) in [6.45, 7) is 0.107. The highest BCUT2D eigenvalue weighted by molar-refractivity contribution is 7.92. The molecule has 1 aromatic rings. The predicted molar refractivity (Wildman–Crippen MR) is 68.4 cm³/mol. The maximum Gasteiger partial charge on any atom is 0.236 e. The number of aromatic nitrogens is 2. The number of hydrogen-bond donors (Lipinski definition) is 2. The molecule has 7 nitrogen and oxygen atoms in total. The Hall–Kier alpha value is -1.19. The van der Waals surface area contributed by atoms with Crippen LogP contribution in [0, 0.1) is 0 Å². The minimum atomic E-state index is -3.50. The van der Waals surface area contributed by atoms with Gasteiger partial charge in [0, 0.05) is 14.2 Å². The van der Waals surface area contributed by atoms with E-state index in [2.05, 4.69) is 9.82 Å². The summed E-state index contributed by atoms with van der Waals surface area (Å²) in [4.78, 5) is 0.0857. The first kappa shape index (κ1) is 13.9. The van der Waals surface area contributed by atoms with E-state index in [0.717, 1.165) is 0 Å². The number of nitrogens with one attached hydrogen (secondary N) is 1. The van der Waals surface area contributed by atoms with Gasteiger partial charge in [0.25, 0.3) is 0 Å². The number of nitrogens with zero attached hydrogens (tertiary/aromatic N) is 2. The fourth-order valence-electron chi connectivity index (χ4n) is 1.13. The highest BCUT2D eigenvalue weighted by atomic mass is 32.2. The number of rotatable bonds is 6. The van der Waals surface area contributed by atoms with Crippen molar-refractivity contribution in [2.24, 2.45) is 12.8 Å². The minimum absolute atomic E-state index is 0.0857. The smallest absolute Gasteiger partial charge is 0.236 e. The summed E-state index contributed by atoms with van der Waals surface area (Å²) in [5.41, 5.74) is 5.86. The van der Waals surface area contributed by atoms with Crippen LogP contribution in [0.3, 0.4) is 0 Å². The average molecular weight is 278 g/mol. The van der Waals surface area contributed by atoms with Gasteiger partial charge >= 0.3 is 0 Å². The SMILES string of the molecule is COCCS(=O)(=O)Nc1c(C(N)=S)cnn1C. The normalized spacial score (nSPS) is 11.4. The Morgan fingerprint density at radius 1 is 1.71 bits per heavy atom. The molecule has 1 aromatic heterocycles. The van der Waals surface area contributed by atoms with Crippen LogP contribution >= 0.6 is 12.2 Å². The maximum atomic E-state index is 11.7. The highest BCUT2D eigenvalue weighted by Crippen LogP contribution is 2.15. The topological polar surface area (TPSA) is 99.2 Å². The van der Waals surface area contributed by atoms with Crippen LogP contribution in [0.25, 0.3) is 0 Å². The van der Waals surface area contributed by atoms with E-state index in [1.54, 1.807) is 7.05 Å². The zero-order chi connectivity index (χ0) is 13.1. The Labute approximate surface area is 105 Å². The molecule has 0 unspecified atom stereocenters. The first-order chi connectivity index (χ1) is 7.87. The van der Waals surface area contributed by atoms with Crippen molar-refractivity contribution in [1.82, 2.24) is 9.78 Å². The highest BCUT2D eigenvalue weighted by Gasteiger charge is 2.17. The number of sulfonamides is 1. The molecule has 0 atom stereocenters. The van der Waals surface area contributed by atoms with Gasteiger partial charge in [0.2, 0.25) is 10.0 Å². The third-order valence-electron chi connectivity index (χ3n) is 2.01. The molecule has 0 bridgehead atoms. The second-order valence-corrected chi connectivity index (χ2v) is 5.59. The average Bonchev–Trinajstić information content (AvgIpc) is 2.57. The maximum absolute atomic E-state index is 11.7. The number of anilines is 1. The quantitative estimate of drug-likeness (QED) is 0.677. The van der Waals surface area contributed by atoms with Gasteiger partial charge in [-0.25, -0.2) is 8.42 Å². The molecule has 0 spiro atoms. The molecular weight excluding hydrogens is 264 g/mol. The summed E-state index contributed by atoms with van der Waals surface area (Å²) >= 11 is 4.80. The van der Waals surface area contributed by atoms with Crippen LogP contribution in [-0.2, 0) is 21.8 Å². The molecule has 0 radical (unpaired) electrons. The molecule has 9 heteroatoms. The van der Waals surface area contributed by atoms with Crippen LogP contribution in [0.4, 0.5) is 5.82 Å². The van der Waals surface area contributed by atoms with Gasteiger partial charge in [0.05, 0.1) is 24.1 Å². The summed E-state index contributed by atoms with van der Waals surface area (Å²) in [6.07, 6.45) is 1.41. The lowest BCUT2D eigenvalue weighted by molar-refractivity contribution is 0.217. The van der Waals surface area contributed by atoms with Crippen molar-refractivity contribution < 1.29 is 13.2 Å². The molecule has 0 amide bonds. The molecule has 1 rings (SSSR count). The molecule has 0 aliphatic carbocycles. The van der Waals surface area contributed by atoms with E-state index in [9.17, 15) is 8.42 Å². The van der Waals surface area contributed by atoms with Crippen molar-refractivity contribution in [3.63, 3.8) is 0 Å². The zero-order valence-electron chi connectivity index (χ0n) is 9.50.